The molecule has 0 aliphatic rings. The zero-order valence-corrected chi connectivity index (χ0v) is 21.4. The van der Waals surface area contributed by atoms with Crippen LogP contribution in [0.1, 0.15) is 78.3 Å². The Balaban J connectivity index is 2.27. The molecule has 0 atom stereocenters. The second kappa shape index (κ2) is 12.7. The Kier molecular flexibility index (Phi) is 9.98. The first-order valence-corrected chi connectivity index (χ1v) is 12.8. The summed E-state index contributed by atoms with van der Waals surface area (Å²) < 4.78 is 124. The van der Waals surface area contributed by atoms with Crippen LogP contribution in [0.25, 0.3) is 0 Å². The van der Waals surface area contributed by atoms with Gasteiger partial charge in [0.1, 0.15) is 0 Å². The third kappa shape index (κ3) is 7.59. The molecule has 40 heavy (non-hydrogen) atoms. The highest BCUT2D eigenvalue weighted by atomic mass is 19.4. The lowest BCUT2D eigenvalue weighted by molar-refractivity contribution is -0.138. The molecule has 0 radical (unpaired) electrons. The number of alkyl halides is 9. The summed E-state index contributed by atoms with van der Waals surface area (Å²) in [6.45, 7) is 0.0315. The average Bonchev–Trinajstić information content (AvgIpc) is 2.89. The van der Waals surface area contributed by atoms with Crippen molar-refractivity contribution in [2.45, 2.75) is 68.9 Å². The lowest BCUT2D eigenvalue weighted by Crippen LogP contribution is -2.31. The zero-order valence-electron chi connectivity index (χ0n) is 21.4. The molecule has 3 aromatic carbocycles. The van der Waals surface area contributed by atoms with Gasteiger partial charge >= 0.3 is 18.5 Å². The molecule has 1 nitrogen and oxygen atoms in total. The number of halogens is 9. The molecule has 10 heteroatoms. The van der Waals surface area contributed by atoms with Crippen molar-refractivity contribution in [1.82, 2.24) is 0 Å². The molecule has 0 bridgehead atoms. The Morgan fingerprint density at radius 1 is 0.425 bits per heavy atom. The minimum absolute atomic E-state index is 0.0308. The first kappa shape index (κ1) is 31.5. The predicted molar refractivity (Wildman–Crippen MR) is 134 cm³/mol. The van der Waals surface area contributed by atoms with Gasteiger partial charge in [0.05, 0.1) is 16.7 Å². The minimum atomic E-state index is -4.78. The molecular formula is C30H29F9O. The van der Waals surface area contributed by atoms with Gasteiger partial charge in [-0.05, 0) is 47.7 Å². The third-order valence-electron chi connectivity index (χ3n) is 7.01. The number of unbranched alkanes of at least 4 members (excludes halogenated alkanes) is 5. The van der Waals surface area contributed by atoms with Crippen molar-refractivity contribution in [3.05, 3.63) is 106 Å². The molecular weight excluding hydrogens is 547 g/mol. The second-order valence-electron chi connectivity index (χ2n) is 9.74. The van der Waals surface area contributed by atoms with Gasteiger partial charge in [0.2, 0.25) is 0 Å². The van der Waals surface area contributed by atoms with E-state index in [-0.39, 0.29) is 29.7 Å². The molecule has 0 saturated carbocycles. The van der Waals surface area contributed by atoms with E-state index in [1.54, 1.807) is 0 Å². The Labute approximate surface area is 226 Å². The van der Waals surface area contributed by atoms with Crippen LogP contribution in [0.15, 0.2) is 72.8 Å². The standard InChI is InChI=1S/C30H29F9O/c31-28(32,33)24-13-7-10-21(18-24)27(16-5-3-1-2-4-6-17-40,22-11-8-14-25(19-22)29(34,35)36)23-12-9-15-26(20-23)30(37,38)39/h7-15,18-20,40H,1-6,16-17H2. The molecule has 0 aliphatic carbocycles. The van der Waals surface area contributed by atoms with Crippen molar-refractivity contribution in [2.75, 3.05) is 6.61 Å². The second-order valence-corrected chi connectivity index (χ2v) is 9.74. The minimum Gasteiger partial charge on any atom is -0.396 e. The maximum atomic E-state index is 13.7. The summed E-state index contributed by atoms with van der Waals surface area (Å²) in [6.07, 6.45) is -10.7. The van der Waals surface area contributed by atoms with Crippen LogP contribution in [0.2, 0.25) is 0 Å². The first-order valence-electron chi connectivity index (χ1n) is 12.8. The van der Waals surface area contributed by atoms with Crippen molar-refractivity contribution >= 4 is 0 Å². The molecule has 0 spiro atoms. The molecule has 1 N–H and O–H groups in total. The van der Waals surface area contributed by atoms with E-state index in [1.165, 1.54) is 18.2 Å². The molecule has 0 saturated heterocycles. The lowest BCUT2D eigenvalue weighted by atomic mass is 9.65. The molecule has 218 valence electrons. The summed E-state index contributed by atoms with van der Waals surface area (Å²) in [5.41, 5.74) is -5.08. The highest BCUT2D eigenvalue weighted by Gasteiger charge is 2.41. The van der Waals surface area contributed by atoms with Crippen molar-refractivity contribution < 1.29 is 44.6 Å². The van der Waals surface area contributed by atoms with Crippen LogP contribution in [0.4, 0.5) is 39.5 Å². The van der Waals surface area contributed by atoms with Gasteiger partial charge in [-0.1, -0.05) is 86.7 Å². The van der Waals surface area contributed by atoms with E-state index in [0.29, 0.717) is 25.7 Å². The fraction of sp³-hybridized carbons (Fsp3) is 0.400. The fourth-order valence-electron chi connectivity index (χ4n) is 5.03. The number of benzene rings is 3. The molecule has 0 amide bonds. The number of aliphatic hydroxyl groups excluding tert-OH is 1. The monoisotopic (exact) mass is 576 g/mol. The van der Waals surface area contributed by atoms with Crippen LogP contribution >= 0.6 is 0 Å². The Morgan fingerprint density at radius 2 is 0.725 bits per heavy atom. The van der Waals surface area contributed by atoms with Gasteiger partial charge in [-0.3, -0.25) is 0 Å². The van der Waals surface area contributed by atoms with E-state index in [2.05, 4.69) is 0 Å². The maximum absolute atomic E-state index is 13.7. The molecule has 0 fully saturated rings. The average molecular weight is 577 g/mol. The highest BCUT2D eigenvalue weighted by molar-refractivity contribution is 5.53. The summed E-state index contributed by atoms with van der Waals surface area (Å²) >= 11 is 0. The van der Waals surface area contributed by atoms with Gasteiger partial charge in [-0.2, -0.15) is 39.5 Å². The number of rotatable bonds is 11. The SMILES string of the molecule is OCCCCCCCCC(c1cccc(C(F)(F)F)c1)(c1cccc(C(F)(F)F)c1)c1cccc(C(F)(F)F)c1. The van der Waals surface area contributed by atoms with Crippen LogP contribution in [0, 0.1) is 0 Å². The van der Waals surface area contributed by atoms with Gasteiger partial charge < -0.3 is 5.11 Å². The third-order valence-corrected chi connectivity index (χ3v) is 7.01. The van der Waals surface area contributed by atoms with Gasteiger partial charge in [0.15, 0.2) is 0 Å². The van der Waals surface area contributed by atoms with E-state index in [9.17, 15) is 39.5 Å². The van der Waals surface area contributed by atoms with E-state index in [1.807, 2.05) is 0 Å². The molecule has 0 unspecified atom stereocenters. The van der Waals surface area contributed by atoms with Crippen molar-refractivity contribution in [1.29, 1.82) is 0 Å². The summed E-state index contributed by atoms with van der Waals surface area (Å²) in [7, 11) is 0. The van der Waals surface area contributed by atoms with Crippen LogP contribution in [0.3, 0.4) is 0 Å². The normalized spacial score (nSPS) is 13.1. The molecule has 3 aromatic rings. The van der Waals surface area contributed by atoms with Crippen molar-refractivity contribution in [3.63, 3.8) is 0 Å². The quantitative estimate of drug-likeness (QED) is 0.137. The van der Waals surface area contributed by atoms with Crippen LogP contribution in [-0.4, -0.2) is 11.7 Å². The van der Waals surface area contributed by atoms with Crippen LogP contribution < -0.4 is 0 Å². The molecule has 0 aliphatic heterocycles. The predicted octanol–water partition coefficient (Wildman–Crippen LogP) is 9.80. The molecule has 3 rings (SSSR count). The first-order chi connectivity index (χ1) is 18.7. The van der Waals surface area contributed by atoms with Crippen molar-refractivity contribution in [2.24, 2.45) is 0 Å². The van der Waals surface area contributed by atoms with Crippen LogP contribution in [0.5, 0.6) is 0 Å². The Morgan fingerprint density at radius 3 is 1.05 bits per heavy atom. The maximum Gasteiger partial charge on any atom is 0.416 e. The Bertz CT molecular complexity index is 1100. The number of hydrogen-bond donors (Lipinski definition) is 1. The van der Waals surface area contributed by atoms with Crippen molar-refractivity contribution in [3.8, 4) is 0 Å². The lowest BCUT2D eigenvalue weighted by Gasteiger charge is -2.37. The Hall–Kier alpha value is -3.01. The van der Waals surface area contributed by atoms with Gasteiger partial charge in [0.25, 0.3) is 0 Å². The summed E-state index contributed by atoms with van der Waals surface area (Å²) in [5, 5.41) is 8.95. The van der Waals surface area contributed by atoms with Crippen LogP contribution in [-0.2, 0) is 23.9 Å². The van der Waals surface area contributed by atoms with E-state index >= 15 is 0 Å². The number of aliphatic hydroxyl groups is 1. The van der Waals surface area contributed by atoms with Gasteiger partial charge in [0, 0.05) is 12.0 Å². The summed E-state index contributed by atoms with van der Waals surface area (Å²) in [5.74, 6) is 0. The largest absolute Gasteiger partial charge is 0.416 e. The fourth-order valence-corrected chi connectivity index (χ4v) is 5.03. The van der Waals surface area contributed by atoms with Gasteiger partial charge in [-0.25, -0.2) is 0 Å². The summed E-state index contributed by atoms with van der Waals surface area (Å²) in [4.78, 5) is 0. The zero-order chi connectivity index (χ0) is 29.6. The van der Waals surface area contributed by atoms with Gasteiger partial charge in [-0.15, -0.1) is 0 Å². The molecule has 0 aromatic heterocycles. The number of hydrogen-bond acceptors (Lipinski definition) is 1. The summed E-state index contributed by atoms with van der Waals surface area (Å²) in [6, 6.07) is 12.2. The highest BCUT2D eigenvalue weighted by Crippen LogP contribution is 2.47. The van der Waals surface area contributed by atoms with E-state index in [0.717, 1.165) is 67.4 Å². The molecule has 0 heterocycles. The van der Waals surface area contributed by atoms with E-state index < -0.39 is 40.6 Å². The smallest absolute Gasteiger partial charge is 0.396 e. The van der Waals surface area contributed by atoms with E-state index in [4.69, 9.17) is 5.11 Å². The topological polar surface area (TPSA) is 20.2 Å².